The van der Waals surface area contributed by atoms with Crippen molar-refractivity contribution < 1.29 is 0 Å². The molecule has 0 spiro atoms. The molecule has 0 heterocycles. The van der Waals surface area contributed by atoms with E-state index in [2.05, 4.69) is 6.92 Å². The zero-order valence-electron chi connectivity index (χ0n) is 7.22. The molecule has 1 aliphatic carbocycles. The van der Waals surface area contributed by atoms with Crippen molar-refractivity contribution in [2.45, 2.75) is 44.6 Å². The molecule has 66 valence electrons. The van der Waals surface area contributed by atoms with Gasteiger partial charge < -0.3 is 5.40 Å². The number of nitrogens with two attached hydrogens (primary N) is 1. The Morgan fingerprint density at radius 3 is 2.36 bits per heavy atom. The van der Waals surface area contributed by atoms with Gasteiger partial charge >= 0.3 is 0 Å². The minimum Gasteiger partial charge on any atom is -0.341 e. The van der Waals surface area contributed by atoms with Gasteiger partial charge in [0.25, 0.3) is 0 Å². The van der Waals surface area contributed by atoms with Gasteiger partial charge in [0, 0.05) is 0 Å². The lowest BCUT2D eigenvalue weighted by Crippen LogP contribution is -2.29. The van der Waals surface area contributed by atoms with Crippen molar-refractivity contribution in [3.05, 3.63) is 0 Å². The Labute approximate surface area is 75.7 Å². The fourth-order valence-electron chi connectivity index (χ4n) is 1.92. The molecule has 1 fully saturated rings. The van der Waals surface area contributed by atoms with Crippen molar-refractivity contribution in [1.82, 2.24) is 0 Å². The van der Waals surface area contributed by atoms with E-state index in [1.54, 1.807) is 0 Å². The maximum atomic E-state index is 5.98. The molecule has 3 heteroatoms. The molecule has 2 atom stereocenters. The van der Waals surface area contributed by atoms with E-state index in [0.717, 1.165) is 5.92 Å². The van der Waals surface area contributed by atoms with Crippen LogP contribution in [0.4, 0.5) is 0 Å². The summed E-state index contributed by atoms with van der Waals surface area (Å²) in [4.78, 5) is 0. The van der Waals surface area contributed by atoms with E-state index in [1.807, 2.05) is 0 Å². The van der Waals surface area contributed by atoms with E-state index in [4.69, 9.17) is 16.5 Å². The first-order valence-corrected chi connectivity index (χ1v) is 7.69. The predicted molar refractivity (Wildman–Crippen MR) is 53.2 cm³/mol. The van der Waals surface area contributed by atoms with Crippen LogP contribution in [0.1, 0.15) is 39.0 Å². The van der Waals surface area contributed by atoms with Gasteiger partial charge in [-0.25, -0.2) is 0 Å². The number of halogens is 1. The maximum Gasteiger partial charge on any atom is 0.211 e. The topological polar surface area (TPSA) is 26.0 Å². The summed E-state index contributed by atoms with van der Waals surface area (Å²) in [5, 5.41) is 5.77. The second-order valence-electron chi connectivity index (χ2n) is 3.70. The first kappa shape index (κ1) is 9.55. The van der Waals surface area contributed by atoms with Crippen LogP contribution in [0.15, 0.2) is 0 Å². The highest BCUT2D eigenvalue weighted by atomic mass is 35.6. The first-order valence-electron chi connectivity index (χ1n) is 4.61. The van der Waals surface area contributed by atoms with Crippen LogP contribution in [0.25, 0.3) is 0 Å². The molecule has 0 aliphatic heterocycles. The Hall–Kier alpha value is 0.467. The van der Waals surface area contributed by atoms with Gasteiger partial charge in [-0.3, -0.25) is 0 Å². The summed E-state index contributed by atoms with van der Waals surface area (Å²) in [5.41, 5.74) is 0.636. The summed E-state index contributed by atoms with van der Waals surface area (Å²) in [6.07, 6.45) is 6.95. The summed E-state index contributed by atoms with van der Waals surface area (Å²) >= 11 is 5.98. The van der Waals surface area contributed by atoms with E-state index in [9.17, 15) is 0 Å². The van der Waals surface area contributed by atoms with Crippen molar-refractivity contribution in [2.75, 3.05) is 0 Å². The maximum absolute atomic E-state index is 5.98. The van der Waals surface area contributed by atoms with Gasteiger partial charge in [0.2, 0.25) is 8.27 Å². The normalized spacial score (nSPS) is 26.5. The molecule has 1 aliphatic rings. The van der Waals surface area contributed by atoms with Gasteiger partial charge in [0.1, 0.15) is 0 Å². The standard InChI is InChI=1S/C8H18ClNSi/c1-7(11(9)10)8-5-3-2-4-6-8/h7-8,11H,2-6,10H2,1H3. The molecule has 0 radical (unpaired) electrons. The molecule has 1 nitrogen and oxygen atoms in total. The molecule has 0 amide bonds. The third kappa shape index (κ3) is 2.77. The minimum absolute atomic E-state index is 0.636. The van der Waals surface area contributed by atoms with Gasteiger partial charge in [-0.15, -0.1) is 0 Å². The van der Waals surface area contributed by atoms with Crippen LogP contribution >= 0.6 is 11.1 Å². The van der Waals surface area contributed by atoms with Crippen LogP contribution in [0.3, 0.4) is 0 Å². The molecular formula is C8H18ClNSi. The van der Waals surface area contributed by atoms with Crippen LogP contribution < -0.4 is 5.40 Å². The second kappa shape index (κ2) is 4.48. The Kier molecular flexibility index (Phi) is 3.89. The fraction of sp³-hybridized carbons (Fsp3) is 1.00. The lowest BCUT2D eigenvalue weighted by molar-refractivity contribution is 0.347. The van der Waals surface area contributed by atoms with Gasteiger partial charge in [0.15, 0.2) is 0 Å². The zero-order chi connectivity index (χ0) is 8.27. The SMILES string of the molecule is CC(C1CCCCC1)[SiH](N)Cl. The van der Waals surface area contributed by atoms with Crippen LogP contribution in [0, 0.1) is 5.92 Å². The molecule has 0 aromatic rings. The van der Waals surface area contributed by atoms with E-state index in [0.29, 0.717) is 5.54 Å². The van der Waals surface area contributed by atoms with Crippen LogP contribution in [0.2, 0.25) is 5.54 Å². The van der Waals surface area contributed by atoms with Gasteiger partial charge in [-0.2, -0.15) is 11.1 Å². The molecule has 2 unspecified atom stereocenters. The summed E-state index contributed by atoms with van der Waals surface area (Å²) < 4.78 is 0. The van der Waals surface area contributed by atoms with Crippen molar-refractivity contribution in [1.29, 1.82) is 0 Å². The molecule has 11 heavy (non-hydrogen) atoms. The Morgan fingerprint density at radius 1 is 1.36 bits per heavy atom. The molecule has 0 aromatic carbocycles. The summed E-state index contributed by atoms with van der Waals surface area (Å²) in [6.45, 7) is 2.24. The van der Waals surface area contributed by atoms with E-state index in [1.165, 1.54) is 32.1 Å². The third-order valence-corrected chi connectivity index (χ3v) is 5.64. The van der Waals surface area contributed by atoms with Gasteiger partial charge in [0.05, 0.1) is 0 Å². The van der Waals surface area contributed by atoms with E-state index < -0.39 is 8.27 Å². The number of rotatable bonds is 2. The summed E-state index contributed by atoms with van der Waals surface area (Å²) in [7, 11) is -1.37. The van der Waals surface area contributed by atoms with Crippen LogP contribution in [-0.2, 0) is 0 Å². The largest absolute Gasteiger partial charge is 0.341 e. The first-order chi connectivity index (χ1) is 5.22. The Bertz CT molecular complexity index is 113. The fourth-order valence-corrected chi connectivity index (χ4v) is 3.44. The zero-order valence-corrected chi connectivity index (χ0v) is 9.13. The predicted octanol–water partition coefficient (Wildman–Crippen LogP) is 2.37. The molecule has 1 rings (SSSR count). The molecule has 0 aromatic heterocycles. The monoisotopic (exact) mass is 191 g/mol. The summed E-state index contributed by atoms with van der Waals surface area (Å²) in [6, 6.07) is 0. The van der Waals surface area contributed by atoms with Crippen LogP contribution in [-0.4, -0.2) is 8.27 Å². The van der Waals surface area contributed by atoms with E-state index >= 15 is 0 Å². The Morgan fingerprint density at radius 2 is 1.91 bits per heavy atom. The van der Waals surface area contributed by atoms with Gasteiger partial charge in [-0.05, 0) is 11.5 Å². The number of hydrogen-bond donors (Lipinski definition) is 1. The molecule has 0 bridgehead atoms. The molecule has 0 saturated heterocycles. The summed E-state index contributed by atoms with van der Waals surface area (Å²) in [5.74, 6) is 0.850. The molecule has 2 N–H and O–H groups in total. The van der Waals surface area contributed by atoms with Crippen molar-refractivity contribution in [2.24, 2.45) is 11.3 Å². The second-order valence-corrected chi connectivity index (χ2v) is 7.15. The quantitative estimate of drug-likeness (QED) is 0.527. The third-order valence-electron chi connectivity index (χ3n) is 2.90. The smallest absolute Gasteiger partial charge is 0.211 e. The lowest BCUT2D eigenvalue weighted by Gasteiger charge is -2.28. The average molecular weight is 192 g/mol. The van der Waals surface area contributed by atoms with Crippen molar-refractivity contribution in [3.63, 3.8) is 0 Å². The van der Waals surface area contributed by atoms with E-state index in [-0.39, 0.29) is 0 Å². The lowest BCUT2D eigenvalue weighted by atomic mass is 9.87. The molecular weight excluding hydrogens is 174 g/mol. The Balaban J connectivity index is 2.32. The van der Waals surface area contributed by atoms with Crippen molar-refractivity contribution >= 4 is 19.3 Å². The molecule has 1 saturated carbocycles. The van der Waals surface area contributed by atoms with Gasteiger partial charge in [-0.1, -0.05) is 39.0 Å². The highest BCUT2D eigenvalue weighted by molar-refractivity contribution is 7.05. The average Bonchev–Trinajstić information content (AvgIpc) is 2.05. The minimum atomic E-state index is -1.37. The van der Waals surface area contributed by atoms with Crippen LogP contribution in [0.5, 0.6) is 0 Å². The van der Waals surface area contributed by atoms with Crippen molar-refractivity contribution in [3.8, 4) is 0 Å². The number of hydrogen-bond acceptors (Lipinski definition) is 1. The highest BCUT2D eigenvalue weighted by Crippen LogP contribution is 2.34. The highest BCUT2D eigenvalue weighted by Gasteiger charge is 2.24.